The largest absolute Gasteiger partial charge is 0.373 e. The molecule has 2 saturated heterocycles. The van der Waals surface area contributed by atoms with Crippen molar-refractivity contribution in [2.45, 2.75) is 50.3 Å². The fraction of sp³-hybridized carbons (Fsp3) is 0.533. The van der Waals surface area contributed by atoms with E-state index < -0.39 is 0 Å². The van der Waals surface area contributed by atoms with E-state index in [9.17, 15) is 0 Å². The molecule has 0 radical (unpaired) electrons. The lowest BCUT2D eigenvalue weighted by Gasteiger charge is -2.22. The highest BCUT2D eigenvalue weighted by Gasteiger charge is 2.42. The molecule has 0 aliphatic carbocycles. The van der Waals surface area contributed by atoms with Gasteiger partial charge in [0.15, 0.2) is 0 Å². The first kappa shape index (κ1) is 11.7. The van der Waals surface area contributed by atoms with Crippen molar-refractivity contribution in [2.24, 2.45) is 0 Å². The van der Waals surface area contributed by atoms with Crippen LogP contribution in [0.4, 0.5) is 0 Å². The lowest BCUT2D eigenvalue weighted by molar-refractivity contribution is 0.0940. The molecule has 4 rings (SSSR count). The lowest BCUT2D eigenvalue weighted by atomic mass is 9.95. The monoisotopic (exact) mass is 276 g/mol. The van der Waals surface area contributed by atoms with Crippen LogP contribution in [0.3, 0.4) is 0 Å². The van der Waals surface area contributed by atoms with Gasteiger partial charge in [-0.25, -0.2) is 4.98 Å². The van der Waals surface area contributed by atoms with E-state index in [0.29, 0.717) is 24.1 Å². The number of nitrogens with zero attached hydrogens (tertiary/aromatic N) is 2. The minimum absolute atomic E-state index is 0.352. The van der Waals surface area contributed by atoms with Gasteiger partial charge in [-0.3, -0.25) is 0 Å². The molecule has 4 heteroatoms. The van der Waals surface area contributed by atoms with Crippen molar-refractivity contribution >= 4 is 22.6 Å². The molecule has 100 valence electrons. The summed E-state index contributed by atoms with van der Waals surface area (Å²) in [5, 5.41) is 0. The van der Waals surface area contributed by atoms with Gasteiger partial charge in [0.25, 0.3) is 0 Å². The van der Waals surface area contributed by atoms with Crippen LogP contribution < -0.4 is 0 Å². The number of benzene rings is 1. The van der Waals surface area contributed by atoms with Crippen molar-refractivity contribution in [3.63, 3.8) is 0 Å². The number of fused-ring (bicyclic) bond motifs is 3. The van der Waals surface area contributed by atoms with Gasteiger partial charge in [-0.05, 0) is 37.8 Å². The molecule has 3 nitrogen and oxygen atoms in total. The minimum atomic E-state index is 0.352. The highest BCUT2D eigenvalue weighted by molar-refractivity contribution is 6.16. The predicted molar refractivity (Wildman–Crippen MR) is 75.6 cm³/mol. The molecule has 0 saturated carbocycles. The van der Waals surface area contributed by atoms with E-state index in [1.807, 2.05) is 0 Å². The Bertz CT molecular complexity index is 636. The van der Waals surface area contributed by atoms with Gasteiger partial charge in [-0.15, -0.1) is 11.6 Å². The van der Waals surface area contributed by atoms with Crippen LogP contribution in [0, 0.1) is 6.92 Å². The van der Waals surface area contributed by atoms with Gasteiger partial charge in [-0.2, -0.15) is 0 Å². The van der Waals surface area contributed by atoms with Crippen LogP contribution in [0.2, 0.25) is 0 Å². The van der Waals surface area contributed by atoms with Crippen molar-refractivity contribution < 1.29 is 4.74 Å². The zero-order valence-electron chi connectivity index (χ0n) is 11.0. The molecule has 3 atom stereocenters. The summed E-state index contributed by atoms with van der Waals surface area (Å²) in [6.07, 6.45) is 4.28. The van der Waals surface area contributed by atoms with Crippen LogP contribution in [0.5, 0.6) is 0 Å². The van der Waals surface area contributed by atoms with Gasteiger partial charge in [-0.1, -0.05) is 12.1 Å². The summed E-state index contributed by atoms with van der Waals surface area (Å²) >= 11 is 6.11. The van der Waals surface area contributed by atoms with E-state index in [2.05, 4.69) is 29.7 Å². The number of para-hydroxylation sites is 1. The molecule has 2 aliphatic rings. The third kappa shape index (κ3) is 1.65. The second-order valence-corrected chi connectivity index (χ2v) is 5.92. The second-order valence-electron chi connectivity index (χ2n) is 5.65. The van der Waals surface area contributed by atoms with Gasteiger partial charge in [0, 0.05) is 0 Å². The Morgan fingerprint density at radius 1 is 1.42 bits per heavy atom. The maximum atomic E-state index is 6.11. The van der Waals surface area contributed by atoms with Gasteiger partial charge in [0.2, 0.25) is 0 Å². The van der Waals surface area contributed by atoms with Crippen molar-refractivity contribution in [1.29, 1.82) is 0 Å². The maximum Gasteiger partial charge on any atom is 0.125 e. The third-order valence-corrected chi connectivity index (χ3v) is 4.76. The maximum absolute atomic E-state index is 6.11. The number of hydrogen-bond acceptors (Lipinski definition) is 2. The summed E-state index contributed by atoms with van der Waals surface area (Å²) in [7, 11) is 0. The first-order valence-electron chi connectivity index (χ1n) is 6.96. The third-order valence-electron chi connectivity index (χ3n) is 4.52. The molecule has 1 aromatic carbocycles. The Labute approximate surface area is 117 Å². The van der Waals surface area contributed by atoms with Crippen LogP contribution in [-0.2, 0) is 10.6 Å². The van der Waals surface area contributed by atoms with E-state index >= 15 is 0 Å². The molecule has 2 bridgehead atoms. The smallest absolute Gasteiger partial charge is 0.125 e. The molecule has 2 fully saturated rings. The fourth-order valence-corrected chi connectivity index (χ4v) is 3.84. The Hall–Kier alpha value is -1.06. The Morgan fingerprint density at radius 2 is 2.32 bits per heavy atom. The predicted octanol–water partition coefficient (Wildman–Crippen LogP) is 3.58. The molecule has 2 aromatic rings. The van der Waals surface area contributed by atoms with Crippen LogP contribution in [0.15, 0.2) is 18.2 Å². The van der Waals surface area contributed by atoms with Crippen molar-refractivity contribution in [3.05, 3.63) is 29.6 Å². The molecule has 3 unspecified atom stereocenters. The number of aromatic nitrogens is 2. The van der Waals surface area contributed by atoms with Crippen LogP contribution in [0.25, 0.3) is 11.0 Å². The van der Waals surface area contributed by atoms with Crippen LogP contribution in [-0.4, -0.2) is 21.8 Å². The SMILES string of the molecule is Cc1cccc2c1nc(CCl)n2C1CC2CCC1O2. The number of aryl methyl sites for hydroxylation is 1. The second kappa shape index (κ2) is 4.22. The number of alkyl halides is 1. The Morgan fingerprint density at radius 3 is 3.00 bits per heavy atom. The summed E-state index contributed by atoms with van der Waals surface area (Å²) in [4.78, 5) is 4.73. The first-order chi connectivity index (χ1) is 9.28. The zero-order chi connectivity index (χ0) is 13.0. The molecule has 0 amide bonds. The summed E-state index contributed by atoms with van der Waals surface area (Å²) in [5.74, 6) is 1.44. The number of halogens is 1. The van der Waals surface area contributed by atoms with Crippen molar-refractivity contribution in [1.82, 2.24) is 9.55 Å². The van der Waals surface area contributed by atoms with E-state index in [0.717, 1.165) is 17.8 Å². The normalized spacial score (nSPS) is 29.5. The van der Waals surface area contributed by atoms with Gasteiger partial charge in [0.05, 0.1) is 35.2 Å². The minimum Gasteiger partial charge on any atom is -0.373 e. The quantitative estimate of drug-likeness (QED) is 0.784. The topological polar surface area (TPSA) is 27.1 Å². The molecular formula is C15H17ClN2O. The van der Waals surface area contributed by atoms with Gasteiger partial charge in [0.1, 0.15) is 5.82 Å². The summed E-state index contributed by atoms with van der Waals surface area (Å²) < 4.78 is 8.33. The van der Waals surface area contributed by atoms with E-state index in [1.54, 1.807) is 0 Å². The Kier molecular flexibility index (Phi) is 2.61. The highest BCUT2D eigenvalue weighted by atomic mass is 35.5. The lowest BCUT2D eigenvalue weighted by Crippen LogP contribution is -2.22. The van der Waals surface area contributed by atoms with Crippen LogP contribution in [0.1, 0.15) is 36.7 Å². The fourth-order valence-electron chi connectivity index (χ4n) is 3.65. The highest BCUT2D eigenvalue weighted by Crippen LogP contribution is 2.43. The molecular weight excluding hydrogens is 260 g/mol. The molecule has 3 heterocycles. The van der Waals surface area contributed by atoms with E-state index in [1.165, 1.54) is 23.9 Å². The van der Waals surface area contributed by atoms with Crippen molar-refractivity contribution in [3.8, 4) is 0 Å². The van der Waals surface area contributed by atoms with Gasteiger partial charge < -0.3 is 9.30 Å². The number of ether oxygens (including phenoxy) is 1. The summed E-state index contributed by atoms with van der Waals surface area (Å²) in [6.45, 7) is 2.11. The molecule has 2 aliphatic heterocycles. The van der Waals surface area contributed by atoms with Gasteiger partial charge >= 0.3 is 0 Å². The zero-order valence-corrected chi connectivity index (χ0v) is 11.7. The molecule has 1 aromatic heterocycles. The van der Waals surface area contributed by atoms with E-state index in [4.69, 9.17) is 21.3 Å². The molecule has 19 heavy (non-hydrogen) atoms. The average molecular weight is 277 g/mol. The average Bonchev–Trinajstić information content (AvgIpc) is 3.11. The summed E-state index contributed by atoms with van der Waals surface area (Å²) in [6, 6.07) is 6.77. The molecule has 0 N–H and O–H groups in total. The number of hydrogen-bond donors (Lipinski definition) is 0. The Balaban J connectivity index is 1.90. The standard InChI is InChI=1S/C15H17ClN2O/c1-9-3-2-4-11-15(9)17-14(8-16)18(11)12-7-10-5-6-13(12)19-10/h2-4,10,12-13H,5-8H2,1H3. The number of rotatable bonds is 2. The van der Waals surface area contributed by atoms with Crippen LogP contribution >= 0.6 is 11.6 Å². The van der Waals surface area contributed by atoms with Crippen molar-refractivity contribution in [2.75, 3.05) is 0 Å². The molecule has 0 spiro atoms. The first-order valence-corrected chi connectivity index (χ1v) is 7.49. The summed E-state index contributed by atoms with van der Waals surface area (Å²) in [5.41, 5.74) is 3.50. The number of imidazole rings is 1. The van der Waals surface area contributed by atoms with E-state index in [-0.39, 0.29) is 0 Å².